The quantitative estimate of drug-likeness (QED) is 0.104. The second-order valence-corrected chi connectivity index (χ2v) is 26.4. The number of aryl methyl sites for hydroxylation is 2. The van der Waals surface area contributed by atoms with Crippen LogP contribution in [-0.2, 0) is 26.7 Å². The molecule has 0 heterocycles. The van der Waals surface area contributed by atoms with E-state index < -0.39 is 15.7 Å². The van der Waals surface area contributed by atoms with Crippen molar-refractivity contribution in [2.24, 2.45) is 0 Å². The highest BCUT2D eigenvalue weighted by atomic mass is 35.6. The predicted octanol–water partition coefficient (Wildman–Crippen LogP) is 9.84. The Kier molecular flexibility index (Phi) is 19.4. The molecule has 0 fully saturated rings. The zero-order valence-corrected chi connectivity index (χ0v) is 32.9. The van der Waals surface area contributed by atoms with E-state index in [1.54, 1.807) is 12.1 Å². The Hall–Kier alpha value is -1.98. The standard InChI is InChI=1S/C18H30O3Si.C12H16O3.C6H15ClSi/c1-18(2,3)22(5,6)21-14-8-7-9-15-10-12-16(13-11-15)17(19)20-4;1-15-12(14)11-7-5-10(6-8-11)4-2-3-9-13;1-6(2,3)8(4,5)7/h10-13H,7-9,14H2,1-6H3;5-8,13H,2-4,9H2,1H3;1-5H3. The van der Waals surface area contributed by atoms with Crippen molar-refractivity contribution in [1.82, 2.24) is 0 Å². The van der Waals surface area contributed by atoms with Crippen LogP contribution >= 0.6 is 11.1 Å². The molecule has 2 aromatic rings. The fraction of sp³-hybridized carbons (Fsp3) is 0.611. The van der Waals surface area contributed by atoms with Crippen LogP contribution in [0.4, 0.5) is 0 Å². The van der Waals surface area contributed by atoms with Gasteiger partial charge in [-0.25, -0.2) is 9.59 Å². The van der Waals surface area contributed by atoms with Crippen LogP contribution in [0.25, 0.3) is 0 Å². The zero-order valence-electron chi connectivity index (χ0n) is 30.1. The largest absolute Gasteiger partial charge is 0.465 e. The van der Waals surface area contributed by atoms with E-state index in [0.29, 0.717) is 16.2 Å². The smallest absolute Gasteiger partial charge is 0.337 e. The van der Waals surface area contributed by atoms with Crippen molar-refractivity contribution in [2.75, 3.05) is 27.4 Å². The maximum atomic E-state index is 11.4. The second-order valence-electron chi connectivity index (χ2n) is 14.3. The van der Waals surface area contributed by atoms with Crippen LogP contribution in [0.2, 0.25) is 36.3 Å². The maximum Gasteiger partial charge on any atom is 0.337 e. The van der Waals surface area contributed by atoms with Crippen molar-refractivity contribution in [3.8, 4) is 0 Å². The molecule has 0 aliphatic heterocycles. The number of carbonyl (C=O) groups excluding carboxylic acids is 2. The molecule has 45 heavy (non-hydrogen) atoms. The highest BCUT2D eigenvalue weighted by Gasteiger charge is 2.36. The Morgan fingerprint density at radius 3 is 1.31 bits per heavy atom. The van der Waals surface area contributed by atoms with Crippen LogP contribution in [0.3, 0.4) is 0 Å². The molecule has 2 rings (SSSR count). The van der Waals surface area contributed by atoms with E-state index in [9.17, 15) is 9.59 Å². The lowest BCUT2D eigenvalue weighted by Crippen LogP contribution is -2.40. The number of esters is 2. The summed E-state index contributed by atoms with van der Waals surface area (Å²) in [6.45, 7) is 23.4. The number of halogens is 1. The number of hydrogen-bond acceptors (Lipinski definition) is 6. The van der Waals surface area contributed by atoms with Crippen LogP contribution < -0.4 is 0 Å². The zero-order chi connectivity index (χ0) is 34.9. The molecule has 1 N–H and O–H groups in total. The van der Waals surface area contributed by atoms with Crippen molar-refractivity contribution in [1.29, 1.82) is 0 Å². The summed E-state index contributed by atoms with van der Waals surface area (Å²) >= 11 is 6.15. The molecule has 256 valence electrons. The lowest BCUT2D eigenvalue weighted by atomic mass is 10.1. The monoisotopic (exact) mass is 680 g/mol. The van der Waals surface area contributed by atoms with Crippen molar-refractivity contribution in [3.63, 3.8) is 0 Å². The molecule has 0 saturated carbocycles. The average Bonchev–Trinajstić information content (AvgIpc) is 2.96. The van der Waals surface area contributed by atoms with Gasteiger partial charge in [-0.05, 0) is 97.1 Å². The van der Waals surface area contributed by atoms with Gasteiger partial charge in [-0.15, -0.1) is 0 Å². The molecule has 0 bridgehead atoms. The molecule has 0 amide bonds. The number of methoxy groups -OCH3 is 2. The van der Waals surface area contributed by atoms with Crippen LogP contribution in [0.5, 0.6) is 0 Å². The summed E-state index contributed by atoms with van der Waals surface area (Å²) in [6.07, 6.45) is 5.91. The predicted molar refractivity (Wildman–Crippen MR) is 195 cm³/mol. The molecule has 0 spiro atoms. The number of ether oxygens (including phenoxy) is 2. The Bertz CT molecular complexity index is 1100. The lowest BCUT2D eigenvalue weighted by molar-refractivity contribution is 0.0592. The van der Waals surface area contributed by atoms with Gasteiger partial charge in [-0.1, -0.05) is 78.9 Å². The molecular weight excluding hydrogens is 620 g/mol. The van der Waals surface area contributed by atoms with Crippen molar-refractivity contribution < 1.29 is 28.6 Å². The number of rotatable bonds is 12. The molecule has 0 atom stereocenters. The lowest BCUT2D eigenvalue weighted by Gasteiger charge is -2.36. The van der Waals surface area contributed by atoms with E-state index in [1.165, 1.54) is 25.3 Å². The van der Waals surface area contributed by atoms with Crippen molar-refractivity contribution in [2.45, 2.75) is 116 Å². The average molecular weight is 682 g/mol. The fourth-order valence-electron chi connectivity index (χ4n) is 3.27. The van der Waals surface area contributed by atoms with Gasteiger partial charge in [0.1, 0.15) is 0 Å². The second kappa shape index (κ2) is 20.3. The normalized spacial score (nSPS) is 11.9. The first-order valence-electron chi connectivity index (χ1n) is 16.0. The van der Waals surface area contributed by atoms with Gasteiger partial charge in [0.05, 0.1) is 25.3 Å². The van der Waals surface area contributed by atoms with Crippen LogP contribution in [0.15, 0.2) is 48.5 Å². The van der Waals surface area contributed by atoms with Crippen LogP contribution in [-0.4, -0.2) is 60.2 Å². The molecule has 0 radical (unpaired) electrons. The topological polar surface area (TPSA) is 82.1 Å². The minimum absolute atomic E-state index is 0.236. The number of aliphatic hydroxyl groups is 1. The first kappa shape index (κ1) is 43.0. The van der Waals surface area contributed by atoms with Gasteiger partial charge in [0.2, 0.25) is 0 Å². The number of benzene rings is 2. The SMILES string of the molecule is CC(C)(C)[Si](C)(C)Cl.COC(=O)c1ccc(CCCCO)cc1.COC(=O)c1ccc(CCCCO[Si](C)(C)C(C)(C)C)cc1. The van der Waals surface area contributed by atoms with Crippen LogP contribution in [0.1, 0.15) is 99.1 Å². The van der Waals surface area contributed by atoms with Gasteiger partial charge in [-0.3, -0.25) is 0 Å². The van der Waals surface area contributed by atoms with Crippen LogP contribution in [0, 0.1) is 0 Å². The maximum absolute atomic E-state index is 11.4. The number of unbranched alkanes of at least 4 members (excludes halogenated alkanes) is 2. The van der Waals surface area contributed by atoms with E-state index in [1.807, 2.05) is 36.4 Å². The Labute approximate surface area is 281 Å². The Morgan fingerprint density at radius 1 is 0.667 bits per heavy atom. The molecule has 6 nitrogen and oxygen atoms in total. The van der Waals surface area contributed by atoms with Gasteiger partial charge in [0.15, 0.2) is 15.7 Å². The van der Waals surface area contributed by atoms with Crippen molar-refractivity contribution in [3.05, 3.63) is 70.8 Å². The third-order valence-corrected chi connectivity index (χ3v) is 18.3. The van der Waals surface area contributed by atoms with Gasteiger partial charge < -0.3 is 19.0 Å². The van der Waals surface area contributed by atoms with Gasteiger partial charge in [-0.2, -0.15) is 11.1 Å². The Morgan fingerprint density at radius 2 is 1.02 bits per heavy atom. The van der Waals surface area contributed by atoms with Crippen molar-refractivity contribution >= 4 is 38.7 Å². The highest BCUT2D eigenvalue weighted by Crippen LogP contribution is 2.38. The molecule has 2 aromatic carbocycles. The van der Waals surface area contributed by atoms with E-state index in [0.717, 1.165) is 45.1 Å². The third kappa shape index (κ3) is 17.5. The molecule has 0 aliphatic carbocycles. The molecule has 0 unspecified atom stereocenters. The first-order chi connectivity index (χ1) is 20.7. The minimum Gasteiger partial charge on any atom is -0.465 e. The number of hydrogen-bond donors (Lipinski definition) is 1. The minimum atomic E-state index is -1.61. The number of carbonyl (C=O) groups is 2. The fourth-order valence-corrected chi connectivity index (χ4v) is 4.35. The Balaban J connectivity index is 0.000000724. The van der Waals surface area contributed by atoms with Gasteiger partial charge in [0.25, 0.3) is 0 Å². The molecule has 9 heteroatoms. The first-order valence-corrected chi connectivity index (χ1v) is 22.9. The van der Waals surface area contributed by atoms with E-state index >= 15 is 0 Å². The van der Waals surface area contributed by atoms with E-state index in [4.69, 9.17) is 25.3 Å². The summed E-state index contributed by atoms with van der Waals surface area (Å²) in [5.74, 6) is -0.591. The van der Waals surface area contributed by atoms with E-state index in [2.05, 4.69) is 72.5 Å². The molecule has 0 aliphatic rings. The summed E-state index contributed by atoms with van der Waals surface area (Å²) in [6, 6.07) is 15.0. The summed E-state index contributed by atoms with van der Waals surface area (Å²) in [5.41, 5.74) is 3.60. The number of aliphatic hydroxyl groups excluding tert-OH is 1. The van der Waals surface area contributed by atoms with Gasteiger partial charge in [0, 0.05) is 13.2 Å². The summed E-state index contributed by atoms with van der Waals surface area (Å²) in [4.78, 5) is 22.5. The summed E-state index contributed by atoms with van der Waals surface area (Å²) in [5, 5.41) is 9.25. The van der Waals surface area contributed by atoms with E-state index in [-0.39, 0.29) is 23.6 Å². The molecular formula is C36H61ClO6Si2. The highest BCUT2D eigenvalue weighted by molar-refractivity contribution is 7.20. The van der Waals surface area contributed by atoms with Gasteiger partial charge >= 0.3 is 11.9 Å². The summed E-state index contributed by atoms with van der Waals surface area (Å²) in [7, 11) is -0.223. The summed E-state index contributed by atoms with van der Waals surface area (Å²) < 4.78 is 15.5. The third-order valence-electron chi connectivity index (χ3n) is 8.54. The molecule has 0 aromatic heterocycles. The molecule has 0 saturated heterocycles.